The predicted octanol–water partition coefficient (Wildman–Crippen LogP) is 0.820. The van der Waals surface area contributed by atoms with Crippen LogP contribution >= 0.6 is 0 Å². The van der Waals surface area contributed by atoms with Crippen molar-refractivity contribution in [1.82, 2.24) is 4.90 Å². The van der Waals surface area contributed by atoms with Crippen molar-refractivity contribution in [2.45, 2.75) is 32.2 Å². The van der Waals surface area contributed by atoms with Crippen LogP contribution in [0.4, 0.5) is 0 Å². The molecule has 2 nitrogen and oxygen atoms in total. The van der Waals surface area contributed by atoms with E-state index in [9.17, 15) is 0 Å². The summed E-state index contributed by atoms with van der Waals surface area (Å²) in [4.78, 5) is 2.53. The Labute approximate surface area is 63.4 Å². The summed E-state index contributed by atoms with van der Waals surface area (Å²) < 4.78 is 0. The molecule has 0 saturated carbocycles. The van der Waals surface area contributed by atoms with E-state index < -0.39 is 0 Å². The van der Waals surface area contributed by atoms with Gasteiger partial charge in [-0.25, -0.2) is 0 Å². The molecule has 10 heavy (non-hydrogen) atoms. The highest BCUT2D eigenvalue weighted by molar-refractivity contribution is 4.74. The molecule has 0 aliphatic carbocycles. The van der Waals surface area contributed by atoms with Gasteiger partial charge in [-0.15, -0.1) is 0 Å². The van der Waals surface area contributed by atoms with Gasteiger partial charge < -0.3 is 10.6 Å². The molecule has 1 rings (SSSR count). The summed E-state index contributed by atoms with van der Waals surface area (Å²) in [7, 11) is 0. The summed E-state index contributed by atoms with van der Waals surface area (Å²) in [6.07, 6.45) is 3.92. The molecule has 60 valence electrons. The molecule has 1 saturated heterocycles. The molecule has 1 heterocycles. The quantitative estimate of drug-likeness (QED) is 0.632. The second-order valence-corrected chi connectivity index (χ2v) is 3.17. The van der Waals surface area contributed by atoms with E-state index in [1.807, 2.05) is 0 Å². The average molecular weight is 142 g/mol. The normalized spacial score (nSPS) is 27.6. The first-order valence-corrected chi connectivity index (χ1v) is 4.28. The van der Waals surface area contributed by atoms with Crippen LogP contribution < -0.4 is 5.73 Å². The lowest BCUT2D eigenvalue weighted by Gasteiger charge is -2.19. The van der Waals surface area contributed by atoms with Gasteiger partial charge in [-0.2, -0.15) is 0 Å². The highest BCUT2D eigenvalue weighted by Crippen LogP contribution is 2.15. The van der Waals surface area contributed by atoms with Crippen LogP contribution in [0.5, 0.6) is 0 Å². The van der Waals surface area contributed by atoms with Crippen LogP contribution in [0.25, 0.3) is 0 Å². The molecule has 2 N–H and O–H groups in total. The van der Waals surface area contributed by atoms with Crippen molar-refractivity contribution in [3.05, 3.63) is 0 Å². The lowest BCUT2D eigenvalue weighted by atomic mass is 10.2. The average Bonchev–Trinajstić information content (AvgIpc) is 2.31. The van der Waals surface area contributed by atoms with Crippen molar-refractivity contribution in [2.75, 3.05) is 19.6 Å². The summed E-state index contributed by atoms with van der Waals surface area (Å²) in [5.41, 5.74) is 5.43. The lowest BCUT2D eigenvalue weighted by molar-refractivity contribution is 0.267. The Bertz CT molecular complexity index is 93.3. The molecule has 0 spiro atoms. The SMILES string of the molecule is C[C@@H]1CCCN1CCCN. The Balaban J connectivity index is 2.14. The van der Waals surface area contributed by atoms with Gasteiger partial charge in [-0.1, -0.05) is 0 Å². The summed E-state index contributed by atoms with van der Waals surface area (Å²) in [6, 6.07) is 0.812. The molecule has 0 aromatic carbocycles. The van der Waals surface area contributed by atoms with Gasteiger partial charge in [0.1, 0.15) is 0 Å². The van der Waals surface area contributed by atoms with Gasteiger partial charge in [0.25, 0.3) is 0 Å². The van der Waals surface area contributed by atoms with Crippen molar-refractivity contribution in [1.29, 1.82) is 0 Å². The monoisotopic (exact) mass is 142 g/mol. The van der Waals surface area contributed by atoms with E-state index in [1.54, 1.807) is 0 Å². The fourth-order valence-corrected chi connectivity index (χ4v) is 1.62. The Kier molecular flexibility index (Phi) is 3.16. The van der Waals surface area contributed by atoms with E-state index in [0.29, 0.717) is 0 Å². The molecule has 0 bridgehead atoms. The standard InChI is InChI=1S/C8H18N2/c1-8-4-2-6-10(8)7-3-5-9/h8H,2-7,9H2,1H3/t8-/m1/s1. The molecule has 1 aliphatic rings. The van der Waals surface area contributed by atoms with E-state index in [0.717, 1.165) is 19.0 Å². The maximum Gasteiger partial charge on any atom is 0.00674 e. The molecule has 0 amide bonds. The number of hydrogen-bond acceptors (Lipinski definition) is 2. The first kappa shape index (κ1) is 8.02. The second-order valence-electron chi connectivity index (χ2n) is 3.17. The van der Waals surface area contributed by atoms with Crippen LogP contribution in [-0.4, -0.2) is 30.6 Å². The molecule has 0 aromatic rings. The first-order valence-electron chi connectivity index (χ1n) is 4.28. The van der Waals surface area contributed by atoms with Gasteiger partial charge in [-0.3, -0.25) is 0 Å². The summed E-state index contributed by atoms with van der Waals surface area (Å²) >= 11 is 0. The number of likely N-dealkylation sites (tertiary alicyclic amines) is 1. The van der Waals surface area contributed by atoms with Gasteiger partial charge in [0.2, 0.25) is 0 Å². The molecule has 0 unspecified atom stereocenters. The first-order chi connectivity index (χ1) is 4.84. The van der Waals surface area contributed by atoms with Gasteiger partial charge in [-0.05, 0) is 45.8 Å². The third kappa shape index (κ3) is 1.96. The topological polar surface area (TPSA) is 29.3 Å². The van der Waals surface area contributed by atoms with Crippen LogP contribution in [0.1, 0.15) is 26.2 Å². The van der Waals surface area contributed by atoms with Gasteiger partial charge in [0.15, 0.2) is 0 Å². The second kappa shape index (κ2) is 3.94. The number of rotatable bonds is 3. The fourth-order valence-electron chi connectivity index (χ4n) is 1.62. The number of nitrogens with two attached hydrogens (primary N) is 1. The highest BCUT2D eigenvalue weighted by atomic mass is 15.2. The zero-order valence-electron chi connectivity index (χ0n) is 6.84. The van der Waals surface area contributed by atoms with Crippen molar-refractivity contribution in [2.24, 2.45) is 5.73 Å². The van der Waals surface area contributed by atoms with E-state index in [1.165, 1.54) is 25.9 Å². The van der Waals surface area contributed by atoms with Crippen LogP contribution in [0, 0.1) is 0 Å². The summed E-state index contributed by atoms with van der Waals surface area (Å²) in [6.45, 7) is 5.64. The van der Waals surface area contributed by atoms with Crippen molar-refractivity contribution < 1.29 is 0 Å². The van der Waals surface area contributed by atoms with E-state index >= 15 is 0 Å². The molecular weight excluding hydrogens is 124 g/mol. The van der Waals surface area contributed by atoms with Gasteiger partial charge >= 0.3 is 0 Å². The zero-order chi connectivity index (χ0) is 7.40. The number of hydrogen-bond donors (Lipinski definition) is 1. The van der Waals surface area contributed by atoms with E-state index in [-0.39, 0.29) is 0 Å². The third-order valence-corrected chi connectivity index (χ3v) is 2.34. The Morgan fingerprint density at radius 2 is 2.40 bits per heavy atom. The van der Waals surface area contributed by atoms with Crippen LogP contribution in [0.3, 0.4) is 0 Å². The minimum absolute atomic E-state index is 0.812. The molecular formula is C8H18N2. The predicted molar refractivity (Wildman–Crippen MR) is 43.9 cm³/mol. The molecule has 1 fully saturated rings. The third-order valence-electron chi connectivity index (χ3n) is 2.34. The van der Waals surface area contributed by atoms with Crippen molar-refractivity contribution >= 4 is 0 Å². The van der Waals surface area contributed by atoms with Crippen LogP contribution in [0.2, 0.25) is 0 Å². The molecule has 0 radical (unpaired) electrons. The van der Waals surface area contributed by atoms with Crippen molar-refractivity contribution in [3.8, 4) is 0 Å². The summed E-state index contributed by atoms with van der Waals surface area (Å²) in [5.74, 6) is 0. The molecule has 0 aromatic heterocycles. The van der Waals surface area contributed by atoms with Crippen LogP contribution in [-0.2, 0) is 0 Å². The Hall–Kier alpha value is -0.0800. The molecule has 2 heteroatoms. The minimum Gasteiger partial charge on any atom is -0.330 e. The number of nitrogens with zero attached hydrogens (tertiary/aromatic N) is 1. The lowest BCUT2D eigenvalue weighted by Crippen LogP contribution is -2.29. The Morgan fingerprint density at radius 3 is 2.90 bits per heavy atom. The van der Waals surface area contributed by atoms with Gasteiger partial charge in [0, 0.05) is 6.04 Å². The molecule has 1 aliphatic heterocycles. The smallest absolute Gasteiger partial charge is 0.00674 e. The van der Waals surface area contributed by atoms with Crippen LogP contribution in [0.15, 0.2) is 0 Å². The molecule has 1 atom stereocenters. The highest BCUT2D eigenvalue weighted by Gasteiger charge is 2.18. The van der Waals surface area contributed by atoms with E-state index in [2.05, 4.69) is 11.8 Å². The van der Waals surface area contributed by atoms with Gasteiger partial charge in [0.05, 0.1) is 0 Å². The zero-order valence-corrected chi connectivity index (χ0v) is 6.84. The maximum atomic E-state index is 5.43. The minimum atomic E-state index is 0.812. The summed E-state index contributed by atoms with van der Waals surface area (Å²) in [5, 5.41) is 0. The van der Waals surface area contributed by atoms with Crippen molar-refractivity contribution in [3.63, 3.8) is 0 Å². The largest absolute Gasteiger partial charge is 0.330 e. The van der Waals surface area contributed by atoms with E-state index in [4.69, 9.17) is 5.73 Å². The maximum absolute atomic E-state index is 5.43. The fraction of sp³-hybridized carbons (Fsp3) is 1.00. The Morgan fingerprint density at radius 1 is 1.60 bits per heavy atom.